The van der Waals surface area contributed by atoms with Crippen molar-refractivity contribution in [2.75, 3.05) is 26.9 Å². The van der Waals surface area contributed by atoms with Crippen LogP contribution in [0.1, 0.15) is 22.3 Å². The highest BCUT2D eigenvalue weighted by Crippen LogP contribution is 2.26. The molecule has 1 saturated heterocycles. The van der Waals surface area contributed by atoms with Crippen LogP contribution in [0.2, 0.25) is 0 Å². The van der Waals surface area contributed by atoms with Gasteiger partial charge in [0, 0.05) is 26.0 Å². The number of hydrogen-bond donors (Lipinski definition) is 1. The first-order valence-corrected chi connectivity index (χ1v) is 8.38. The van der Waals surface area contributed by atoms with E-state index in [0.717, 1.165) is 19.4 Å². The third-order valence-corrected chi connectivity index (χ3v) is 4.50. The van der Waals surface area contributed by atoms with E-state index in [1.807, 2.05) is 29.2 Å². The van der Waals surface area contributed by atoms with E-state index in [1.54, 1.807) is 19.5 Å². The van der Waals surface area contributed by atoms with Gasteiger partial charge in [0.05, 0.1) is 30.9 Å². The van der Waals surface area contributed by atoms with Crippen LogP contribution in [0.4, 0.5) is 0 Å². The van der Waals surface area contributed by atoms with Gasteiger partial charge in [-0.25, -0.2) is 0 Å². The van der Waals surface area contributed by atoms with Gasteiger partial charge in [-0.15, -0.1) is 0 Å². The lowest BCUT2D eigenvalue weighted by molar-refractivity contribution is 0.000498. The Kier molecular flexibility index (Phi) is 5.67. The van der Waals surface area contributed by atoms with Gasteiger partial charge in [-0.2, -0.15) is 0 Å². The summed E-state index contributed by atoms with van der Waals surface area (Å²) in [7, 11) is 1.67. The lowest BCUT2D eigenvalue weighted by Gasteiger charge is -2.28. The summed E-state index contributed by atoms with van der Waals surface area (Å²) in [5.74, 6) is 0.0648. The van der Waals surface area contributed by atoms with Gasteiger partial charge in [0.25, 0.3) is 5.91 Å². The minimum Gasteiger partial charge on any atom is -0.382 e. The van der Waals surface area contributed by atoms with Gasteiger partial charge in [0.2, 0.25) is 0 Å². The van der Waals surface area contributed by atoms with E-state index in [9.17, 15) is 4.79 Å². The van der Waals surface area contributed by atoms with Crippen molar-refractivity contribution < 1.29 is 14.3 Å². The number of methoxy groups -OCH3 is 1. The number of rotatable bonds is 7. The minimum absolute atomic E-state index is 0.0447. The van der Waals surface area contributed by atoms with Gasteiger partial charge < -0.3 is 19.4 Å². The molecule has 1 N–H and O–H groups in total. The van der Waals surface area contributed by atoms with Crippen molar-refractivity contribution in [2.24, 2.45) is 0 Å². The summed E-state index contributed by atoms with van der Waals surface area (Å²) in [4.78, 5) is 17.7. The second kappa shape index (κ2) is 8.13. The summed E-state index contributed by atoms with van der Waals surface area (Å²) in [6.45, 7) is 1.85. The summed E-state index contributed by atoms with van der Waals surface area (Å²) in [6.07, 6.45) is 5.23. The van der Waals surface area contributed by atoms with E-state index >= 15 is 0 Å². The maximum atomic E-state index is 12.8. The van der Waals surface area contributed by atoms with Crippen molar-refractivity contribution in [1.29, 1.82) is 0 Å². The highest BCUT2D eigenvalue weighted by atomic mass is 16.5. The molecule has 128 valence electrons. The molecule has 0 saturated carbocycles. The van der Waals surface area contributed by atoms with E-state index in [0.29, 0.717) is 18.8 Å². The average molecular weight is 328 g/mol. The van der Waals surface area contributed by atoms with Crippen molar-refractivity contribution in [2.45, 2.75) is 25.0 Å². The first kappa shape index (κ1) is 16.7. The van der Waals surface area contributed by atoms with Gasteiger partial charge in [-0.05, 0) is 24.5 Å². The monoisotopic (exact) mass is 328 g/mol. The van der Waals surface area contributed by atoms with Crippen LogP contribution in [0.3, 0.4) is 0 Å². The summed E-state index contributed by atoms with van der Waals surface area (Å²) in [5.41, 5.74) is 1.92. The van der Waals surface area contributed by atoms with E-state index in [-0.39, 0.29) is 18.1 Å². The van der Waals surface area contributed by atoms with Crippen LogP contribution in [0.25, 0.3) is 0 Å². The fraction of sp³-hybridized carbons (Fsp3) is 0.421. The lowest BCUT2D eigenvalue weighted by Crippen LogP contribution is -2.42. The number of nitrogens with zero attached hydrogens (tertiary/aromatic N) is 1. The Hall–Kier alpha value is -2.11. The van der Waals surface area contributed by atoms with Gasteiger partial charge >= 0.3 is 0 Å². The van der Waals surface area contributed by atoms with Crippen molar-refractivity contribution >= 4 is 5.91 Å². The average Bonchev–Trinajstić information content (AvgIpc) is 3.26. The third kappa shape index (κ3) is 3.86. The Morgan fingerprint density at radius 3 is 2.79 bits per heavy atom. The van der Waals surface area contributed by atoms with E-state index in [2.05, 4.69) is 17.1 Å². The second-order valence-electron chi connectivity index (χ2n) is 6.05. The minimum atomic E-state index is 0.0447. The van der Waals surface area contributed by atoms with Crippen molar-refractivity contribution in [3.63, 3.8) is 0 Å². The van der Waals surface area contributed by atoms with E-state index in [4.69, 9.17) is 9.47 Å². The predicted octanol–water partition coefficient (Wildman–Crippen LogP) is 2.50. The van der Waals surface area contributed by atoms with Gasteiger partial charge in [0.15, 0.2) is 0 Å². The number of hydrogen-bond acceptors (Lipinski definition) is 3. The Morgan fingerprint density at radius 1 is 1.25 bits per heavy atom. The number of aromatic nitrogens is 1. The zero-order valence-corrected chi connectivity index (χ0v) is 14.0. The standard InChI is InChI=1S/C19H24N2O3/c1-23-11-12-24-18-8-10-21(19(22)16-7-9-20-14-16)17(18)13-15-5-3-2-4-6-15/h2-7,9,14,17-18,20H,8,10-13H2,1H3/t17-,18-/m0/s1. The highest BCUT2D eigenvalue weighted by Gasteiger charge is 2.38. The molecular formula is C19H24N2O3. The molecule has 1 amide bonds. The molecular weight excluding hydrogens is 304 g/mol. The molecule has 2 atom stereocenters. The number of carbonyl (C=O) groups is 1. The van der Waals surface area contributed by atoms with Crippen LogP contribution in [0.5, 0.6) is 0 Å². The number of nitrogens with one attached hydrogen (secondary N) is 1. The first-order chi connectivity index (χ1) is 11.8. The van der Waals surface area contributed by atoms with Gasteiger partial charge in [0.1, 0.15) is 0 Å². The predicted molar refractivity (Wildman–Crippen MR) is 92.0 cm³/mol. The molecule has 5 heteroatoms. The number of benzene rings is 1. The topological polar surface area (TPSA) is 54.6 Å². The van der Waals surface area contributed by atoms with Gasteiger partial charge in [-0.3, -0.25) is 4.79 Å². The molecule has 3 rings (SSSR count). The summed E-state index contributed by atoms with van der Waals surface area (Å²) >= 11 is 0. The molecule has 0 bridgehead atoms. The Labute approximate surface area is 142 Å². The molecule has 1 aliphatic rings. The molecule has 24 heavy (non-hydrogen) atoms. The van der Waals surface area contributed by atoms with E-state index in [1.165, 1.54) is 5.56 Å². The molecule has 1 fully saturated rings. The molecule has 2 aromatic rings. The Balaban J connectivity index is 1.75. The normalized spacial score (nSPS) is 20.5. The summed E-state index contributed by atoms with van der Waals surface area (Å²) < 4.78 is 11.1. The van der Waals surface area contributed by atoms with Gasteiger partial charge in [-0.1, -0.05) is 30.3 Å². The van der Waals surface area contributed by atoms with Crippen LogP contribution in [0, 0.1) is 0 Å². The second-order valence-corrected chi connectivity index (χ2v) is 6.05. The number of carbonyl (C=O) groups excluding carboxylic acids is 1. The molecule has 1 aliphatic heterocycles. The number of H-pyrrole nitrogens is 1. The molecule has 0 unspecified atom stereocenters. The molecule has 1 aromatic carbocycles. The number of amides is 1. The van der Waals surface area contributed by atoms with Crippen molar-refractivity contribution in [1.82, 2.24) is 9.88 Å². The Morgan fingerprint density at radius 2 is 2.08 bits per heavy atom. The Bertz CT molecular complexity index is 627. The molecule has 5 nitrogen and oxygen atoms in total. The zero-order valence-electron chi connectivity index (χ0n) is 14.0. The fourth-order valence-electron chi connectivity index (χ4n) is 3.27. The highest BCUT2D eigenvalue weighted by molar-refractivity contribution is 5.94. The molecule has 2 heterocycles. The van der Waals surface area contributed by atoms with Crippen LogP contribution in [-0.4, -0.2) is 54.8 Å². The molecule has 0 aliphatic carbocycles. The van der Waals surface area contributed by atoms with Crippen molar-refractivity contribution in [3.8, 4) is 0 Å². The molecule has 0 radical (unpaired) electrons. The summed E-state index contributed by atoms with van der Waals surface area (Å²) in [5, 5.41) is 0. The largest absolute Gasteiger partial charge is 0.382 e. The SMILES string of the molecule is COCCO[C@H]1CCN(C(=O)c2cc[nH]c2)[C@H]1Cc1ccccc1. The number of aromatic amines is 1. The first-order valence-electron chi connectivity index (χ1n) is 8.38. The maximum absolute atomic E-state index is 12.8. The van der Waals surface area contributed by atoms with Crippen molar-refractivity contribution in [3.05, 3.63) is 59.9 Å². The molecule has 1 aromatic heterocycles. The van der Waals surface area contributed by atoms with Crippen LogP contribution < -0.4 is 0 Å². The smallest absolute Gasteiger partial charge is 0.255 e. The zero-order chi connectivity index (χ0) is 16.8. The fourth-order valence-corrected chi connectivity index (χ4v) is 3.27. The summed E-state index contributed by atoms with van der Waals surface area (Å²) in [6, 6.07) is 12.1. The third-order valence-electron chi connectivity index (χ3n) is 4.50. The quantitative estimate of drug-likeness (QED) is 0.795. The number of likely N-dealkylation sites (tertiary alicyclic amines) is 1. The van der Waals surface area contributed by atoms with Crippen LogP contribution in [-0.2, 0) is 15.9 Å². The number of ether oxygens (including phenoxy) is 2. The maximum Gasteiger partial charge on any atom is 0.255 e. The van der Waals surface area contributed by atoms with Crippen LogP contribution in [0.15, 0.2) is 48.8 Å². The van der Waals surface area contributed by atoms with Crippen LogP contribution >= 0.6 is 0 Å². The lowest BCUT2D eigenvalue weighted by atomic mass is 10.0. The van der Waals surface area contributed by atoms with E-state index < -0.39 is 0 Å². The molecule has 0 spiro atoms.